The average Bonchev–Trinajstić information content (AvgIpc) is 3.02. The number of aromatic nitrogens is 2. The number of nitrogens with zero attached hydrogens (tertiary/aromatic N) is 2. The third-order valence-corrected chi connectivity index (χ3v) is 5.09. The molecule has 0 unspecified atom stereocenters. The Hall–Kier alpha value is -2.33. The quantitative estimate of drug-likeness (QED) is 0.706. The van der Waals surface area contributed by atoms with Crippen molar-refractivity contribution in [2.24, 2.45) is 0 Å². The Bertz CT molecular complexity index is 1070. The molecule has 126 valence electrons. The summed E-state index contributed by atoms with van der Waals surface area (Å²) in [4.78, 5) is 15.0. The molecule has 2 aromatic heterocycles. The Labute approximate surface area is 138 Å². The van der Waals surface area contributed by atoms with Gasteiger partial charge in [0, 0.05) is 17.2 Å². The lowest BCUT2D eigenvalue weighted by molar-refractivity contribution is 0.503. The first-order chi connectivity index (χ1) is 11.2. The van der Waals surface area contributed by atoms with E-state index in [1.165, 1.54) is 11.3 Å². The molecule has 0 saturated carbocycles. The number of thiazole rings is 1. The average molecular weight is 372 g/mol. The van der Waals surface area contributed by atoms with Gasteiger partial charge in [0.1, 0.15) is 22.8 Å². The zero-order chi connectivity index (χ0) is 17.6. The van der Waals surface area contributed by atoms with Crippen molar-refractivity contribution in [3.63, 3.8) is 0 Å². The number of hydrogen-bond acceptors (Lipinski definition) is 6. The highest BCUT2D eigenvalue weighted by Crippen LogP contribution is 2.28. The fourth-order valence-electron chi connectivity index (χ4n) is 2.24. The summed E-state index contributed by atoms with van der Waals surface area (Å²) in [6, 6.07) is 1.67. The minimum atomic E-state index is -4.07. The van der Waals surface area contributed by atoms with Crippen LogP contribution >= 0.6 is 11.3 Å². The predicted molar refractivity (Wildman–Crippen MR) is 83.2 cm³/mol. The van der Waals surface area contributed by atoms with Crippen molar-refractivity contribution in [3.8, 4) is 17.1 Å². The zero-order valence-corrected chi connectivity index (χ0v) is 14.0. The van der Waals surface area contributed by atoms with Gasteiger partial charge in [-0.15, -0.1) is 11.3 Å². The van der Waals surface area contributed by atoms with Gasteiger partial charge in [0.25, 0.3) is 0 Å². The van der Waals surface area contributed by atoms with Crippen LogP contribution in [0.25, 0.3) is 17.1 Å². The van der Waals surface area contributed by atoms with Crippen molar-refractivity contribution in [2.75, 3.05) is 6.26 Å². The molecule has 0 amide bonds. The first-order valence-corrected chi connectivity index (χ1v) is 9.28. The predicted octanol–water partition coefficient (Wildman–Crippen LogP) is 2.54. The normalized spacial score (nSPS) is 11.8. The highest BCUT2D eigenvalue weighted by molar-refractivity contribution is 7.90. The molecule has 6 nitrogen and oxygen atoms in total. The maximum Gasteiger partial charge on any atom is 0.425 e. The number of rotatable bonds is 3. The van der Waals surface area contributed by atoms with Crippen LogP contribution in [0, 0.1) is 18.6 Å². The first kappa shape index (κ1) is 16.5. The number of halogens is 2. The number of hydrogen-bond donors (Lipinski definition) is 0. The van der Waals surface area contributed by atoms with Gasteiger partial charge in [-0.1, -0.05) is 0 Å². The summed E-state index contributed by atoms with van der Waals surface area (Å²) < 4.78 is 56.9. The summed E-state index contributed by atoms with van der Waals surface area (Å²) in [7, 11) is -4.07. The van der Waals surface area contributed by atoms with Gasteiger partial charge in [-0.2, -0.15) is 0 Å². The van der Waals surface area contributed by atoms with Crippen LogP contribution in [-0.2, 0) is 9.84 Å². The van der Waals surface area contributed by atoms with Crippen LogP contribution in [0.4, 0.5) is 8.78 Å². The third kappa shape index (κ3) is 2.78. The molecule has 0 spiro atoms. The molecule has 3 rings (SSSR count). The largest absolute Gasteiger partial charge is 0.425 e. The van der Waals surface area contributed by atoms with Crippen LogP contribution in [-0.4, -0.2) is 24.2 Å². The van der Waals surface area contributed by atoms with E-state index in [9.17, 15) is 22.0 Å². The van der Waals surface area contributed by atoms with Crippen molar-refractivity contribution < 1.29 is 21.6 Å². The standard InChI is InChI=1S/C14H10F2N2O4S2/c1-7-17-12(6-23-7)18-11(5-22-14(18)19)8-3-9(15)13(10(16)4-8)24(2,20)21/h3-6H,1-2H3. The molecule has 0 aliphatic rings. The van der Waals surface area contributed by atoms with Crippen LogP contribution in [0.5, 0.6) is 0 Å². The molecule has 0 aliphatic carbocycles. The molecule has 0 N–H and O–H groups in total. The minimum absolute atomic E-state index is 0.0473. The van der Waals surface area contributed by atoms with Gasteiger partial charge in [-0.25, -0.2) is 31.5 Å². The van der Waals surface area contributed by atoms with E-state index < -0.39 is 32.1 Å². The van der Waals surface area contributed by atoms with Crippen molar-refractivity contribution in [3.05, 3.63) is 51.0 Å². The topological polar surface area (TPSA) is 82.2 Å². The molecule has 10 heteroatoms. The molecule has 24 heavy (non-hydrogen) atoms. The fourth-order valence-corrected chi connectivity index (χ4v) is 3.65. The van der Waals surface area contributed by atoms with Crippen LogP contribution in [0.3, 0.4) is 0 Å². The number of sulfone groups is 1. The Kier molecular flexibility index (Phi) is 3.88. The maximum absolute atomic E-state index is 14.1. The highest BCUT2D eigenvalue weighted by Gasteiger charge is 2.23. The lowest BCUT2D eigenvalue weighted by Gasteiger charge is -2.07. The molecule has 0 saturated heterocycles. The van der Waals surface area contributed by atoms with Crippen LogP contribution in [0.1, 0.15) is 5.01 Å². The summed E-state index contributed by atoms with van der Waals surface area (Å²) in [5.41, 5.74) is 0.0112. The van der Waals surface area contributed by atoms with Gasteiger partial charge >= 0.3 is 5.76 Å². The minimum Gasteiger partial charge on any atom is -0.415 e. The number of aryl methyl sites for hydroxylation is 1. The molecule has 0 atom stereocenters. The summed E-state index contributed by atoms with van der Waals surface area (Å²) in [5, 5.41) is 2.28. The molecule has 0 bridgehead atoms. The Morgan fingerprint density at radius 2 is 1.88 bits per heavy atom. The van der Waals surface area contributed by atoms with Gasteiger partial charge in [0.15, 0.2) is 15.7 Å². The molecule has 2 heterocycles. The number of oxazole rings is 1. The summed E-state index contributed by atoms with van der Waals surface area (Å²) in [6.07, 6.45) is 1.74. The summed E-state index contributed by atoms with van der Waals surface area (Å²) >= 11 is 1.29. The van der Waals surface area contributed by atoms with Crippen LogP contribution in [0.15, 0.2) is 37.9 Å². The molecule has 0 radical (unpaired) electrons. The van der Waals surface area contributed by atoms with Crippen molar-refractivity contribution in [1.29, 1.82) is 0 Å². The maximum atomic E-state index is 14.1. The summed E-state index contributed by atoms with van der Waals surface area (Å²) in [6.45, 7) is 1.74. The van der Waals surface area contributed by atoms with E-state index in [0.717, 1.165) is 23.0 Å². The smallest absolute Gasteiger partial charge is 0.415 e. The second-order valence-electron chi connectivity index (χ2n) is 4.99. The lowest BCUT2D eigenvalue weighted by Crippen LogP contribution is -2.14. The van der Waals surface area contributed by atoms with Crippen molar-refractivity contribution in [2.45, 2.75) is 11.8 Å². The van der Waals surface area contributed by atoms with E-state index >= 15 is 0 Å². The van der Waals surface area contributed by atoms with E-state index in [2.05, 4.69) is 4.98 Å². The van der Waals surface area contributed by atoms with E-state index in [-0.39, 0.29) is 17.1 Å². The molecular weight excluding hydrogens is 362 g/mol. The number of benzene rings is 1. The van der Waals surface area contributed by atoms with Gasteiger partial charge in [0.2, 0.25) is 0 Å². The fraction of sp³-hybridized carbons (Fsp3) is 0.143. The third-order valence-electron chi connectivity index (χ3n) is 3.20. The Morgan fingerprint density at radius 3 is 2.38 bits per heavy atom. The first-order valence-electron chi connectivity index (χ1n) is 6.51. The van der Waals surface area contributed by atoms with Gasteiger partial charge in [-0.3, -0.25) is 0 Å². The monoisotopic (exact) mass is 372 g/mol. The van der Waals surface area contributed by atoms with Crippen molar-refractivity contribution in [1.82, 2.24) is 9.55 Å². The second kappa shape index (κ2) is 5.64. The summed E-state index contributed by atoms with van der Waals surface area (Å²) in [5.74, 6) is -3.02. The highest BCUT2D eigenvalue weighted by atomic mass is 32.2. The van der Waals surface area contributed by atoms with E-state index in [1.54, 1.807) is 12.3 Å². The zero-order valence-electron chi connectivity index (χ0n) is 12.4. The van der Waals surface area contributed by atoms with Gasteiger partial charge < -0.3 is 4.42 Å². The molecule has 0 aliphatic heterocycles. The van der Waals surface area contributed by atoms with E-state index in [4.69, 9.17) is 4.42 Å². The molecular formula is C14H10F2N2O4S2. The molecule has 3 aromatic rings. The molecule has 1 aromatic carbocycles. The van der Waals surface area contributed by atoms with E-state index in [1.807, 2.05) is 0 Å². The lowest BCUT2D eigenvalue weighted by atomic mass is 10.1. The Morgan fingerprint density at radius 1 is 1.25 bits per heavy atom. The van der Waals surface area contributed by atoms with E-state index in [0.29, 0.717) is 11.3 Å². The second-order valence-corrected chi connectivity index (χ2v) is 8.00. The molecule has 0 fully saturated rings. The van der Waals surface area contributed by atoms with Gasteiger partial charge in [-0.05, 0) is 19.1 Å². The van der Waals surface area contributed by atoms with Gasteiger partial charge in [0.05, 0.1) is 10.7 Å². The van der Waals surface area contributed by atoms with Crippen LogP contribution < -0.4 is 5.76 Å². The van der Waals surface area contributed by atoms with Crippen molar-refractivity contribution >= 4 is 21.2 Å². The van der Waals surface area contributed by atoms with Crippen LogP contribution in [0.2, 0.25) is 0 Å². The Balaban J connectivity index is 2.24. The SMILES string of the molecule is Cc1nc(-n2c(-c3cc(F)c(S(C)(=O)=O)c(F)c3)coc2=O)cs1.